The van der Waals surface area contributed by atoms with Gasteiger partial charge >= 0.3 is 0 Å². The fourth-order valence-electron chi connectivity index (χ4n) is 1.91. The van der Waals surface area contributed by atoms with Crippen LogP contribution in [0.2, 0.25) is 0 Å². The number of hydrogen-bond acceptors (Lipinski definition) is 4. The van der Waals surface area contributed by atoms with Crippen LogP contribution in [0.1, 0.15) is 16.7 Å². The maximum absolute atomic E-state index is 12.3. The lowest BCUT2D eigenvalue weighted by molar-refractivity contribution is 0.415. The lowest BCUT2D eigenvalue weighted by Crippen LogP contribution is -2.19. The molecule has 22 heavy (non-hydrogen) atoms. The van der Waals surface area contributed by atoms with E-state index in [2.05, 4.69) is 9.93 Å². The average Bonchev–Trinajstić information content (AvgIpc) is 2.50. The van der Waals surface area contributed by atoms with Crippen LogP contribution in [0.3, 0.4) is 0 Å². The standard InChI is InChI=1S/C16H18N2O3S/c1-12-4-5-13(2)16(10-12)22(19,20)18-17-11-14-6-8-15(21-3)9-7-14/h4-11,18H,1-3H3/b17-11-. The van der Waals surface area contributed by atoms with Crippen LogP contribution < -0.4 is 9.57 Å². The summed E-state index contributed by atoms with van der Waals surface area (Å²) in [5.74, 6) is 0.730. The van der Waals surface area contributed by atoms with Crippen LogP contribution >= 0.6 is 0 Å². The Morgan fingerprint density at radius 2 is 1.77 bits per heavy atom. The van der Waals surface area contributed by atoms with Gasteiger partial charge in [0.1, 0.15) is 5.75 Å². The van der Waals surface area contributed by atoms with Crippen LogP contribution in [-0.4, -0.2) is 21.7 Å². The number of hydrazone groups is 1. The molecule has 0 atom stereocenters. The van der Waals surface area contributed by atoms with Crippen molar-refractivity contribution in [3.05, 3.63) is 59.2 Å². The van der Waals surface area contributed by atoms with E-state index in [0.29, 0.717) is 5.56 Å². The summed E-state index contributed by atoms with van der Waals surface area (Å²) >= 11 is 0. The molecule has 116 valence electrons. The second-order valence-electron chi connectivity index (χ2n) is 4.90. The predicted molar refractivity (Wildman–Crippen MR) is 86.8 cm³/mol. The largest absolute Gasteiger partial charge is 0.497 e. The first-order valence-corrected chi connectivity index (χ1v) is 8.17. The van der Waals surface area contributed by atoms with Gasteiger partial charge in [0, 0.05) is 0 Å². The first kappa shape index (κ1) is 16.0. The molecule has 0 saturated heterocycles. The number of ether oxygens (including phenoxy) is 1. The van der Waals surface area contributed by atoms with Gasteiger partial charge in [0.2, 0.25) is 0 Å². The zero-order chi connectivity index (χ0) is 16.2. The lowest BCUT2D eigenvalue weighted by Gasteiger charge is -2.07. The Hall–Kier alpha value is -2.34. The van der Waals surface area contributed by atoms with E-state index in [0.717, 1.165) is 16.9 Å². The molecule has 2 rings (SSSR count). The second kappa shape index (κ2) is 6.62. The number of rotatable bonds is 5. The average molecular weight is 318 g/mol. The molecule has 0 aliphatic carbocycles. The Kier molecular flexibility index (Phi) is 4.82. The third-order valence-corrected chi connectivity index (χ3v) is 4.50. The Bertz CT molecular complexity index is 782. The maximum Gasteiger partial charge on any atom is 0.276 e. The molecule has 0 aromatic heterocycles. The fourth-order valence-corrected chi connectivity index (χ4v) is 3.03. The highest BCUT2D eigenvalue weighted by Gasteiger charge is 2.15. The molecule has 0 saturated carbocycles. The van der Waals surface area contributed by atoms with E-state index in [9.17, 15) is 8.42 Å². The summed E-state index contributed by atoms with van der Waals surface area (Å²) in [5.41, 5.74) is 2.33. The van der Waals surface area contributed by atoms with Gasteiger partial charge in [-0.05, 0) is 60.9 Å². The van der Waals surface area contributed by atoms with Crippen molar-refractivity contribution in [2.75, 3.05) is 7.11 Å². The third kappa shape index (κ3) is 3.85. The molecule has 5 nitrogen and oxygen atoms in total. The Morgan fingerprint density at radius 1 is 1.09 bits per heavy atom. The minimum atomic E-state index is -3.67. The Morgan fingerprint density at radius 3 is 2.41 bits per heavy atom. The highest BCUT2D eigenvalue weighted by atomic mass is 32.2. The van der Waals surface area contributed by atoms with Gasteiger partial charge in [-0.25, -0.2) is 4.83 Å². The molecule has 0 spiro atoms. The summed E-state index contributed by atoms with van der Waals surface area (Å²) in [4.78, 5) is 2.47. The Balaban J connectivity index is 2.15. The van der Waals surface area contributed by atoms with Crippen molar-refractivity contribution in [1.82, 2.24) is 4.83 Å². The van der Waals surface area contributed by atoms with Gasteiger partial charge in [-0.15, -0.1) is 0 Å². The molecule has 1 N–H and O–H groups in total. The molecule has 0 aliphatic rings. The normalized spacial score (nSPS) is 11.6. The van der Waals surface area contributed by atoms with E-state index in [-0.39, 0.29) is 4.90 Å². The Labute approximate surface area is 130 Å². The molecule has 0 aliphatic heterocycles. The summed E-state index contributed by atoms with van der Waals surface area (Å²) in [6.07, 6.45) is 1.45. The first-order valence-electron chi connectivity index (χ1n) is 6.68. The van der Waals surface area contributed by atoms with E-state index < -0.39 is 10.0 Å². The molecule has 0 amide bonds. The zero-order valence-electron chi connectivity index (χ0n) is 12.7. The first-order chi connectivity index (χ1) is 10.4. The van der Waals surface area contributed by atoms with Crippen molar-refractivity contribution in [3.8, 4) is 5.75 Å². The summed E-state index contributed by atoms with van der Waals surface area (Å²) in [6.45, 7) is 3.60. The number of benzene rings is 2. The zero-order valence-corrected chi connectivity index (χ0v) is 13.5. The molecular weight excluding hydrogens is 300 g/mol. The highest BCUT2D eigenvalue weighted by Crippen LogP contribution is 2.16. The smallest absolute Gasteiger partial charge is 0.276 e. The topological polar surface area (TPSA) is 67.8 Å². The molecular formula is C16H18N2O3S. The van der Waals surface area contributed by atoms with Gasteiger partial charge in [0.05, 0.1) is 18.2 Å². The molecule has 0 unspecified atom stereocenters. The molecule has 0 radical (unpaired) electrons. The van der Waals surface area contributed by atoms with Crippen molar-refractivity contribution in [1.29, 1.82) is 0 Å². The van der Waals surface area contributed by atoms with Crippen LogP contribution in [0, 0.1) is 13.8 Å². The van der Waals surface area contributed by atoms with Gasteiger partial charge < -0.3 is 4.74 Å². The van der Waals surface area contributed by atoms with Crippen LogP contribution in [-0.2, 0) is 10.0 Å². The quantitative estimate of drug-likeness (QED) is 0.680. The molecule has 6 heteroatoms. The monoisotopic (exact) mass is 318 g/mol. The number of nitrogens with zero attached hydrogens (tertiary/aromatic N) is 1. The number of nitrogens with one attached hydrogen (secondary N) is 1. The molecule has 2 aromatic carbocycles. The summed E-state index contributed by atoms with van der Waals surface area (Å²) < 4.78 is 29.6. The van der Waals surface area contributed by atoms with Crippen molar-refractivity contribution in [2.24, 2.45) is 5.10 Å². The number of methoxy groups -OCH3 is 1. The highest BCUT2D eigenvalue weighted by molar-refractivity contribution is 7.89. The third-order valence-electron chi connectivity index (χ3n) is 3.14. The maximum atomic E-state index is 12.3. The van der Waals surface area contributed by atoms with E-state index in [1.54, 1.807) is 50.4 Å². The van der Waals surface area contributed by atoms with Gasteiger partial charge in [-0.1, -0.05) is 12.1 Å². The van der Waals surface area contributed by atoms with Crippen molar-refractivity contribution < 1.29 is 13.2 Å². The van der Waals surface area contributed by atoms with E-state index in [4.69, 9.17) is 4.74 Å². The SMILES string of the molecule is COc1ccc(/C=N\NS(=O)(=O)c2cc(C)ccc2C)cc1. The summed E-state index contributed by atoms with van der Waals surface area (Å²) in [6, 6.07) is 12.4. The molecule has 0 fully saturated rings. The van der Waals surface area contributed by atoms with Crippen molar-refractivity contribution >= 4 is 16.2 Å². The van der Waals surface area contributed by atoms with Gasteiger partial charge in [-0.2, -0.15) is 13.5 Å². The van der Waals surface area contributed by atoms with Gasteiger partial charge in [-0.3, -0.25) is 0 Å². The van der Waals surface area contributed by atoms with Crippen molar-refractivity contribution in [2.45, 2.75) is 18.7 Å². The number of hydrogen-bond donors (Lipinski definition) is 1. The molecule has 0 bridgehead atoms. The van der Waals surface area contributed by atoms with Crippen molar-refractivity contribution in [3.63, 3.8) is 0 Å². The van der Waals surface area contributed by atoms with E-state index in [1.165, 1.54) is 6.21 Å². The number of sulfonamides is 1. The summed E-state index contributed by atoms with van der Waals surface area (Å²) in [5, 5.41) is 3.81. The van der Waals surface area contributed by atoms with Gasteiger partial charge in [0.25, 0.3) is 10.0 Å². The summed E-state index contributed by atoms with van der Waals surface area (Å²) in [7, 11) is -2.08. The second-order valence-corrected chi connectivity index (χ2v) is 6.52. The van der Waals surface area contributed by atoms with E-state index >= 15 is 0 Å². The predicted octanol–water partition coefficient (Wildman–Crippen LogP) is 2.62. The van der Waals surface area contributed by atoms with Crippen LogP contribution in [0.5, 0.6) is 5.75 Å². The van der Waals surface area contributed by atoms with Gasteiger partial charge in [0.15, 0.2) is 0 Å². The molecule has 0 heterocycles. The minimum Gasteiger partial charge on any atom is -0.497 e. The van der Waals surface area contributed by atoms with Crippen LogP contribution in [0.25, 0.3) is 0 Å². The fraction of sp³-hybridized carbons (Fsp3) is 0.188. The van der Waals surface area contributed by atoms with E-state index in [1.807, 2.05) is 13.0 Å². The van der Waals surface area contributed by atoms with Crippen LogP contribution in [0.4, 0.5) is 0 Å². The lowest BCUT2D eigenvalue weighted by atomic mass is 10.2. The molecule has 2 aromatic rings. The minimum absolute atomic E-state index is 0.236. The number of aryl methyl sites for hydroxylation is 2. The van der Waals surface area contributed by atoms with Crippen LogP contribution in [0.15, 0.2) is 52.5 Å².